The van der Waals surface area contributed by atoms with Gasteiger partial charge in [0.05, 0.1) is 40.5 Å². The number of ether oxygens (including phenoxy) is 4. The molecule has 0 aromatic heterocycles. The number of aliphatic hydroxyl groups is 1. The van der Waals surface area contributed by atoms with E-state index in [1.54, 1.807) is 36.4 Å². The van der Waals surface area contributed by atoms with E-state index in [9.17, 15) is 23.1 Å². The zero-order valence-electron chi connectivity index (χ0n) is 20.0. The Morgan fingerprint density at radius 3 is 1.80 bits per heavy atom. The van der Waals surface area contributed by atoms with E-state index >= 15 is 0 Å². The van der Waals surface area contributed by atoms with Gasteiger partial charge in [-0.25, -0.2) is 0 Å². The number of benzene rings is 2. The molecule has 190 valence electrons. The molecule has 2 atom stereocenters. The minimum Gasteiger partial charge on any atom is -0.493 e. The molecule has 0 aliphatic rings. The molecule has 0 spiro atoms. The molecule has 1 N–H and O–H groups in total. The van der Waals surface area contributed by atoms with E-state index in [4.69, 9.17) is 18.9 Å². The van der Waals surface area contributed by atoms with Crippen LogP contribution >= 0.6 is 0 Å². The van der Waals surface area contributed by atoms with Crippen LogP contribution in [0.15, 0.2) is 48.6 Å². The lowest BCUT2D eigenvalue weighted by molar-refractivity contribution is -0.141. The molecule has 0 aliphatic carbocycles. The summed E-state index contributed by atoms with van der Waals surface area (Å²) in [6.07, 6.45) is -2.23. The molecule has 0 heterocycles. The second-order valence-electron chi connectivity index (χ2n) is 7.57. The van der Waals surface area contributed by atoms with Crippen molar-refractivity contribution in [2.45, 2.75) is 25.1 Å². The van der Waals surface area contributed by atoms with Crippen LogP contribution in [0.1, 0.15) is 24.0 Å². The maximum absolute atomic E-state index is 12.9. The summed E-state index contributed by atoms with van der Waals surface area (Å²) in [7, 11) is 5.91. The van der Waals surface area contributed by atoms with Crippen LogP contribution in [-0.2, 0) is 4.79 Å². The summed E-state index contributed by atoms with van der Waals surface area (Å²) >= 11 is 0. The minimum absolute atomic E-state index is 0.439. The summed E-state index contributed by atoms with van der Waals surface area (Å²) in [4.78, 5) is 12.8. The molecule has 0 amide bonds. The van der Waals surface area contributed by atoms with Crippen LogP contribution in [0.25, 0.3) is 12.2 Å². The van der Waals surface area contributed by atoms with Gasteiger partial charge in [-0.15, -0.1) is 0 Å². The Morgan fingerprint density at radius 2 is 1.34 bits per heavy atom. The molecule has 9 heteroatoms. The van der Waals surface area contributed by atoms with Gasteiger partial charge in [-0.3, -0.25) is 4.79 Å². The number of halogens is 3. The normalized spacial score (nSPS) is 13.6. The van der Waals surface area contributed by atoms with Crippen LogP contribution in [0, 0.1) is 5.92 Å². The molecule has 2 aromatic rings. The standard InChI is InChI=1S/C26H29F3O6/c1-32-22-11-7-17(15-24(22)34-3)5-9-20(30)19(13-14-26(27,28)29)21(31)10-6-18-8-12-23(33-2)25(16-18)35-4/h5-12,15-16,19-20,30H,13-14H2,1-4H3/b9-5+,10-6+. The van der Waals surface area contributed by atoms with Gasteiger partial charge in [0.15, 0.2) is 28.8 Å². The number of hydrogen-bond acceptors (Lipinski definition) is 6. The molecule has 2 rings (SSSR count). The molecule has 35 heavy (non-hydrogen) atoms. The molecule has 0 saturated carbocycles. The lowest BCUT2D eigenvalue weighted by atomic mass is 9.90. The highest BCUT2D eigenvalue weighted by Crippen LogP contribution is 2.30. The van der Waals surface area contributed by atoms with E-state index in [2.05, 4.69) is 0 Å². The van der Waals surface area contributed by atoms with Gasteiger partial charge in [-0.2, -0.15) is 13.2 Å². The van der Waals surface area contributed by atoms with E-state index in [0.717, 1.165) is 6.08 Å². The van der Waals surface area contributed by atoms with Crippen LogP contribution in [0.4, 0.5) is 13.2 Å². The first kappa shape index (κ1) is 27.8. The summed E-state index contributed by atoms with van der Waals surface area (Å²) in [5.74, 6) is -0.0308. The number of rotatable bonds is 12. The molecule has 0 saturated heterocycles. The van der Waals surface area contributed by atoms with Gasteiger partial charge in [0.25, 0.3) is 0 Å². The molecule has 2 aromatic carbocycles. The summed E-state index contributed by atoms with van der Waals surface area (Å²) in [6.45, 7) is 0. The van der Waals surface area contributed by atoms with E-state index < -0.39 is 36.8 Å². The first-order valence-corrected chi connectivity index (χ1v) is 10.7. The van der Waals surface area contributed by atoms with Crippen LogP contribution in [0.2, 0.25) is 0 Å². The number of alkyl halides is 3. The van der Waals surface area contributed by atoms with E-state index in [1.165, 1.54) is 46.7 Å². The average Bonchev–Trinajstić information content (AvgIpc) is 2.84. The van der Waals surface area contributed by atoms with E-state index in [-0.39, 0.29) is 0 Å². The lowest BCUT2D eigenvalue weighted by Crippen LogP contribution is -2.27. The first-order chi connectivity index (χ1) is 16.6. The van der Waals surface area contributed by atoms with Crippen molar-refractivity contribution in [3.8, 4) is 23.0 Å². The third-order valence-corrected chi connectivity index (χ3v) is 5.26. The molecule has 6 nitrogen and oxygen atoms in total. The Labute approximate surface area is 202 Å². The Morgan fingerprint density at radius 1 is 0.857 bits per heavy atom. The Kier molecular flexibility index (Phi) is 10.2. The van der Waals surface area contributed by atoms with Crippen molar-refractivity contribution >= 4 is 17.9 Å². The fraction of sp³-hybridized carbons (Fsp3) is 0.346. The van der Waals surface area contributed by atoms with Crippen molar-refractivity contribution in [1.82, 2.24) is 0 Å². The molecule has 0 fully saturated rings. The third-order valence-electron chi connectivity index (χ3n) is 5.26. The van der Waals surface area contributed by atoms with Crippen LogP contribution < -0.4 is 18.9 Å². The number of ketones is 1. The maximum atomic E-state index is 12.9. The summed E-state index contributed by atoms with van der Waals surface area (Å²) in [6, 6.07) is 9.93. The summed E-state index contributed by atoms with van der Waals surface area (Å²) in [5.41, 5.74) is 1.20. The number of carbonyl (C=O) groups is 1. The predicted molar refractivity (Wildman–Crippen MR) is 127 cm³/mol. The van der Waals surface area contributed by atoms with Crippen molar-refractivity contribution in [2.75, 3.05) is 28.4 Å². The Bertz CT molecular complexity index is 1050. The highest BCUT2D eigenvalue weighted by Gasteiger charge is 2.32. The van der Waals surface area contributed by atoms with Crippen molar-refractivity contribution in [3.05, 3.63) is 59.7 Å². The zero-order valence-corrected chi connectivity index (χ0v) is 20.0. The number of carbonyl (C=O) groups excluding carboxylic acids is 1. The highest BCUT2D eigenvalue weighted by molar-refractivity contribution is 5.96. The molecule has 0 aliphatic heterocycles. The zero-order chi connectivity index (χ0) is 26.0. The number of methoxy groups -OCH3 is 4. The second kappa shape index (κ2) is 12.9. The fourth-order valence-electron chi connectivity index (χ4n) is 3.36. The molecule has 0 radical (unpaired) electrons. The smallest absolute Gasteiger partial charge is 0.389 e. The van der Waals surface area contributed by atoms with Crippen molar-refractivity contribution in [2.24, 2.45) is 5.92 Å². The van der Waals surface area contributed by atoms with Gasteiger partial charge >= 0.3 is 6.18 Å². The molecule has 0 bridgehead atoms. The summed E-state index contributed by atoms with van der Waals surface area (Å²) in [5, 5.41) is 10.6. The molecular weight excluding hydrogens is 465 g/mol. The van der Waals surface area contributed by atoms with Crippen LogP contribution in [0.5, 0.6) is 23.0 Å². The van der Waals surface area contributed by atoms with Gasteiger partial charge in [-0.1, -0.05) is 30.4 Å². The minimum atomic E-state index is -4.46. The van der Waals surface area contributed by atoms with Gasteiger partial charge in [0.2, 0.25) is 0 Å². The quantitative estimate of drug-likeness (QED) is 0.402. The second-order valence-corrected chi connectivity index (χ2v) is 7.57. The number of allylic oxidation sites excluding steroid dienone is 1. The van der Waals surface area contributed by atoms with Gasteiger partial charge < -0.3 is 24.1 Å². The van der Waals surface area contributed by atoms with Crippen LogP contribution in [0.3, 0.4) is 0 Å². The fourth-order valence-corrected chi connectivity index (χ4v) is 3.36. The topological polar surface area (TPSA) is 74.2 Å². The Hall–Kier alpha value is -3.46. The largest absolute Gasteiger partial charge is 0.493 e. The van der Waals surface area contributed by atoms with Gasteiger partial charge in [0, 0.05) is 6.42 Å². The maximum Gasteiger partial charge on any atom is 0.389 e. The Balaban J connectivity index is 2.24. The molecular formula is C26H29F3O6. The average molecular weight is 495 g/mol. The van der Waals surface area contributed by atoms with Gasteiger partial charge in [0.1, 0.15) is 0 Å². The van der Waals surface area contributed by atoms with Gasteiger partial charge in [-0.05, 0) is 47.9 Å². The van der Waals surface area contributed by atoms with Crippen LogP contribution in [-0.4, -0.2) is 51.6 Å². The summed E-state index contributed by atoms with van der Waals surface area (Å²) < 4.78 is 59.4. The van der Waals surface area contributed by atoms with Crippen molar-refractivity contribution in [1.29, 1.82) is 0 Å². The first-order valence-electron chi connectivity index (χ1n) is 10.7. The number of aliphatic hydroxyl groups excluding tert-OH is 1. The predicted octanol–water partition coefficient (Wildman–Crippen LogP) is 5.34. The number of hydrogen-bond donors (Lipinski definition) is 1. The highest BCUT2D eigenvalue weighted by atomic mass is 19.4. The lowest BCUT2D eigenvalue weighted by Gasteiger charge is -2.19. The third kappa shape index (κ3) is 8.36. The SMILES string of the molecule is COc1ccc(/C=C/C(=O)C(CCC(F)(F)F)C(O)/C=C/c2ccc(OC)c(OC)c2)cc1OC. The van der Waals surface area contributed by atoms with Crippen molar-refractivity contribution in [3.63, 3.8) is 0 Å². The van der Waals surface area contributed by atoms with Crippen molar-refractivity contribution < 1.29 is 42.0 Å². The monoisotopic (exact) mass is 494 g/mol. The molecule has 2 unspecified atom stereocenters. The van der Waals surface area contributed by atoms with E-state index in [1.807, 2.05) is 0 Å². The van der Waals surface area contributed by atoms with E-state index in [0.29, 0.717) is 34.1 Å².